The molecule has 2 aromatic heterocycles. The predicted molar refractivity (Wildman–Crippen MR) is 108 cm³/mol. The van der Waals surface area contributed by atoms with Crippen LogP contribution in [0.25, 0.3) is 10.2 Å². The van der Waals surface area contributed by atoms with Crippen LogP contribution >= 0.6 is 23.1 Å². The number of thiophene rings is 1. The molecule has 0 aromatic carbocycles. The van der Waals surface area contributed by atoms with E-state index in [2.05, 4.69) is 20.6 Å². The van der Waals surface area contributed by atoms with E-state index in [4.69, 9.17) is 0 Å². The Kier molecular flexibility index (Phi) is 5.63. The Hall–Kier alpha value is -1.67. The van der Waals surface area contributed by atoms with Crippen LogP contribution in [0, 0.1) is 0 Å². The summed E-state index contributed by atoms with van der Waals surface area (Å²) in [5.74, 6) is -0.285. The van der Waals surface area contributed by atoms with Gasteiger partial charge < -0.3 is 5.32 Å². The normalized spacial score (nSPS) is 18.3. The number of carbonyl (C=O) groups excluding carboxylic acids is 2. The van der Waals surface area contributed by atoms with Crippen LogP contribution in [0.3, 0.4) is 0 Å². The zero-order valence-electron chi connectivity index (χ0n) is 15.4. The molecule has 2 aliphatic carbocycles. The van der Waals surface area contributed by atoms with E-state index in [1.54, 1.807) is 17.7 Å². The molecule has 27 heavy (non-hydrogen) atoms. The molecule has 2 N–H and O–H groups in total. The molecule has 0 aliphatic heterocycles. The van der Waals surface area contributed by atoms with Crippen LogP contribution in [0.2, 0.25) is 0 Å². The standard InChI is InChI=1S/C19H24N4O2S2/c1-11(16(24)23-19(25)22-12-6-3-2-4-7-12)26-17-15-13-8-5-9-14(13)27-18(15)21-10-20-17/h10-12H,2-9H2,1H3,(H2,22,23,24,25)/t11-/m0/s1. The fraction of sp³-hybridized carbons (Fsp3) is 0.579. The Bertz CT molecular complexity index is 861. The number of rotatable bonds is 4. The Labute approximate surface area is 166 Å². The first-order valence-corrected chi connectivity index (χ1v) is 11.3. The summed E-state index contributed by atoms with van der Waals surface area (Å²) in [7, 11) is 0. The third kappa shape index (κ3) is 4.11. The van der Waals surface area contributed by atoms with Gasteiger partial charge in [0.05, 0.1) is 5.25 Å². The first-order valence-electron chi connectivity index (χ1n) is 9.65. The summed E-state index contributed by atoms with van der Waals surface area (Å²) in [6.45, 7) is 1.81. The maximum absolute atomic E-state index is 12.5. The van der Waals surface area contributed by atoms with Gasteiger partial charge in [-0.1, -0.05) is 31.0 Å². The number of imide groups is 1. The van der Waals surface area contributed by atoms with Crippen molar-refractivity contribution in [3.63, 3.8) is 0 Å². The topological polar surface area (TPSA) is 84.0 Å². The molecule has 144 valence electrons. The van der Waals surface area contributed by atoms with E-state index in [0.29, 0.717) is 0 Å². The summed E-state index contributed by atoms with van der Waals surface area (Å²) in [4.78, 5) is 35.8. The lowest BCUT2D eigenvalue weighted by molar-refractivity contribution is -0.119. The Balaban J connectivity index is 1.40. The molecule has 2 aromatic rings. The summed E-state index contributed by atoms with van der Waals surface area (Å²) in [5, 5.41) is 6.95. The Morgan fingerprint density at radius 1 is 1.19 bits per heavy atom. The molecule has 3 amide bonds. The number of hydrogen-bond donors (Lipinski definition) is 2. The number of aryl methyl sites for hydroxylation is 2. The van der Waals surface area contributed by atoms with Crippen LogP contribution in [0.5, 0.6) is 0 Å². The number of aromatic nitrogens is 2. The molecule has 0 spiro atoms. The Morgan fingerprint density at radius 3 is 2.81 bits per heavy atom. The van der Waals surface area contributed by atoms with Crippen molar-refractivity contribution in [3.8, 4) is 0 Å². The predicted octanol–water partition coefficient (Wildman–Crippen LogP) is 3.82. The number of fused-ring (bicyclic) bond motifs is 3. The van der Waals surface area contributed by atoms with Crippen molar-refractivity contribution >= 4 is 45.3 Å². The van der Waals surface area contributed by atoms with Gasteiger partial charge in [0.1, 0.15) is 16.2 Å². The summed E-state index contributed by atoms with van der Waals surface area (Å²) < 4.78 is 0. The van der Waals surface area contributed by atoms with Crippen molar-refractivity contribution in [1.29, 1.82) is 0 Å². The minimum absolute atomic E-state index is 0.185. The molecule has 4 rings (SSSR count). The minimum Gasteiger partial charge on any atom is -0.335 e. The quantitative estimate of drug-likeness (QED) is 0.598. The molecule has 0 radical (unpaired) electrons. The third-order valence-corrected chi connectivity index (χ3v) is 7.60. The number of urea groups is 1. The van der Waals surface area contributed by atoms with E-state index >= 15 is 0 Å². The van der Waals surface area contributed by atoms with Crippen molar-refractivity contribution in [1.82, 2.24) is 20.6 Å². The second-order valence-electron chi connectivity index (χ2n) is 7.27. The molecule has 8 heteroatoms. The molecule has 0 bridgehead atoms. The molecule has 1 saturated carbocycles. The molecule has 1 atom stereocenters. The van der Waals surface area contributed by atoms with E-state index in [0.717, 1.165) is 53.8 Å². The van der Waals surface area contributed by atoms with Crippen molar-refractivity contribution in [2.45, 2.75) is 74.6 Å². The number of carbonyl (C=O) groups is 2. The van der Waals surface area contributed by atoms with Gasteiger partial charge in [0.25, 0.3) is 0 Å². The average Bonchev–Trinajstić information content (AvgIpc) is 3.23. The fourth-order valence-electron chi connectivity index (χ4n) is 3.89. The number of nitrogens with zero attached hydrogens (tertiary/aromatic N) is 2. The van der Waals surface area contributed by atoms with Crippen molar-refractivity contribution in [2.75, 3.05) is 0 Å². The highest BCUT2D eigenvalue weighted by Gasteiger charge is 2.25. The van der Waals surface area contributed by atoms with Crippen molar-refractivity contribution in [3.05, 3.63) is 16.8 Å². The zero-order chi connectivity index (χ0) is 18.8. The third-order valence-electron chi connectivity index (χ3n) is 5.30. The van der Waals surface area contributed by atoms with Gasteiger partial charge in [-0.3, -0.25) is 10.1 Å². The molecular formula is C19H24N4O2S2. The van der Waals surface area contributed by atoms with E-state index in [-0.39, 0.29) is 18.0 Å². The van der Waals surface area contributed by atoms with E-state index in [1.165, 1.54) is 35.0 Å². The van der Waals surface area contributed by atoms with Crippen molar-refractivity contribution < 1.29 is 9.59 Å². The molecule has 2 aliphatic rings. The smallest absolute Gasteiger partial charge is 0.321 e. The maximum Gasteiger partial charge on any atom is 0.321 e. The van der Waals surface area contributed by atoms with Crippen LogP contribution < -0.4 is 10.6 Å². The molecule has 2 heterocycles. The van der Waals surface area contributed by atoms with E-state index in [1.807, 2.05) is 6.92 Å². The van der Waals surface area contributed by atoms with Gasteiger partial charge in [0, 0.05) is 16.3 Å². The lowest BCUT2D eigenvalue weighted by Crippen LogP contribution is -2.47. The van der Waals surface area contributed by atoms with Crippen LogP contribution in [-0.4, -0.2) is 33.2 Å². The minimum atomic E-state index is -0.405. The fourth-order valence-corrected chi connectivity index (χ4v) is 6.13. The SMILES string of the molecule is C[C@H](Sc1ncnc2sc3c(c12)CCC3)C(=O)NC(=O)NC1CCCCC1. The van der Waals surface area contributed by atoms with Gasteiger partial charge in [-0.05, 0) is 44.6 Å². The monoisotopic (exact) mass is 404 g/mol. The summed E-state index contributed by atoms with van der Waals surface area (Å²) >= 11 is 3.14. The van der Waals surface area contributed by atoms with Gasteiger partial charge in [-0.15, -0.1) is 11.3 Å². The first kappa shape index (κ1) is 18.7. The van der Waals surface area contributed by atoms with Crippen LogP contribution in [0.15, 0.2) is 11.4 Å². The number of amides is 3. The second-order valence-corrected chi connectivity index (χ2v) is 9.69. The van der Waals surface area contributed by atoms with Gasteiger partial charge >= 0.3 is 6.03 Å². The highest BCUT2D eigenvalue weighted by Crippen LogP contribution is 2.40. The molecule has 1 fully saturated rings. The van der Waals surface area contributed by atoms with Gasteiger partial charge in [0.2, 0.25) is 5.91 Å². The lowest BCUT2D eigenvalue weighted by Gasteiger charge is -2.23. The summed E-state index contributed by atoms with van der Waals surface area (Å²) in [6, 6.07) is -0.201. The zero-order valence-corrected chi connectivity index (χ0v) is 17.0. The Morgan fingerprint density at radius 2 is 2.00 bits per heavy atom. The highest BCUT2D eigenvalue weighted by molar-refractivity contribution is 8.00. The van der Waals surface area contributed by atoms with Gasteiger partial charge in [0.15, 0.2) is 0 Å². The largest absolute Gasteiger partial charge is 0.335 e. The van der Waals surface area contributed by atoms with Gasteiger partial charge in [-0.25, -0.2) is 14.8 Å². The van der Waals surface area contributed by atoms with Crippen molar-refractivity contribution in [2.24, 2.45) is 0 Å². The van der Waals surface area contributed by atoms with Gasteiger partial charge in [-0.2, -0.15) is 0 Å². The lowest BCUT2D eigenvalue weighted by atomic mass is 9.96. The second kappa shape index (κ2) is 8.14. The average molecular weight is 405 g/mol. The van der Waals surface area contributed by atoms with E-state index < -0.39 is 5.25 Å². The van der Waals surface area contributed by atoms with Crippen LogP contribution in [0.1, 0.15) is 55.9 Å². The molecule has 0 saturated heterocycles. The molecular weight excluding hydrogens is 380 g/mol. The number of nitrogens with one attached hydrogen (secondary N) is 2. The highest BCUT2D eigenvalue weighted by atomic mass is 32.2. The summed E-state index contributed by atoms with van der Waals surface area (Å²) in [6.07, 6.45) is 10.4. The maximum atomic E-state index is 12.5. The molecule has 0 unspecified atom stereocenters. The van der Waals surface area contributed by atoms with Crippen LogP contribution in [0.4, 0.5) is 4.79 Å². The summed E-state index contributed by atoms with van der Waals surface area (Å²) in [5.41, 5.74) is 1.35. The van der Waals surface area contributed by atoms with E-state index in [9.17, 15) is 9.59 Å². The molecule has 6 nitrogen and oxygen atoms in total. The van der Waals surface area contributed by atoms with Crippen LogP contribution in [-0.2, 0) is 17.6 Å². The number of hydrogen-bond acceptors (Lipinski definition) is 6. The number of thioether (sulfide) groups is 1. The first-order chi connectivity index (χ1) is 13.1.